The first-order chi connectivity index (χ1) is 7.84. The average Bonchev–Trinajstić information content (AvgIpc) is 2.15. The summed E-state index contributed by atoms with van der Waals surface area (Å²) in [4.78, 5) is 10.8. The number of carboxylic acid groups (broad SMARTS) is 1. The minimum absolute atomic E-state index is 0. The lowest BCUT2D eigenvalue weighted by Gasteiger charge is -2.15. The van der Waals surface area contributed by atoms with Crippen molar-refractivity contribution in [2.75, 3.05) is 0 Å². The lowest BCUT2D eigenvalue weighted by atomic mass is 9.97. The van der Waals surface area contributed by atoms with Crippen LogP contribution in [0, 0.1) is 5.82 Å². The Morgan fingerprint density at radius 3 is 2.56 bits per heavy atom. The van der Waals surface area contributed by atoms with Crippen molar-refractivity contribution >= 4 is 18.4 Å². The van der Waals surface area contributed by atoms with Gasteiger partial charge in [0.25, 0.3) is 0 Å². The van der Waals surface area contributed by atoms with Crippen molar-refractivity contribution in [1.82, 2.24) is 0 Å². The molecule has 0 heterocycles. The molecule has 0 fully saturated rings. The van der Waals surface area contributed by atoms with E-state index in [-0.39, 0.29) is 30.0 Å². The normalized spacial score (nSPS) is 11.5. The van der Waals surface area contributed by atoms with Gasteiger partial charge in [0, 0.05) is 11.6 Å². The molecule has 1 rings (SSSR count). The molecule has 0 radical (unpaired) electrons. The first kappa shape index (κ1) is 16.4. The second-order valence-electron chi connectivity index (χ2n) is 3.93. The predicted molar refractivity (Wildman–Crippen MR) is 68.6 cm³/mol. The van der Waals surface area contributed by atoms with E-state index in [1.807, 2.05) is 0 Å². The number of rotatable bonds is 4. The lowest BCUT2D eigenvalue weighted by Crippen LogP contribution is -2.14. The number of nitrogens with two attached hydrogens (primary N) is 1. The molecule has 0 saturated carbocycles. The number of benzene rings is 1. The molecule has 1 aromatic rings. The fraction of sp³-hybridized carbons (Fsp3) is 0.250. The van der Waals surface area contributed by atoms with Gasteiger partial charge in [-0.1, -0.05) is 5.57 Å². The van der Waals surface area contributed by atoms with E-state index in [4.69, 9.17) is 10.8 Å². The lowest BCUT2D eigenvalue weighted by molar-refractivity contribution is 0.0693. The van der Waals surface area contributed by atoms with Crippen LogP contribution in [0.4, 0.5) is 4.39 Å². The Morgan fingerprint density at radius 2 is 2.11 bits per heavy atom. The molecular formula is C12H15ClFNO3. The molecule has 18 heavy (non-hydrogen) atoms. The van der Waals surface area contributed by atoms with Gasteiger partial charge in [-0.15, -0.1) is 19.0 Å². The number of hydrogen-bond acceptors (Lipinski definition) is 3. The number of aromatic carboxylic acids is 1. The van der Waals surface area contributed by atoms with Crippen LogP contribution >= 0.6 is 12.4 Å². The van der Waals surface area contributed by atoms with Gasteiger partial charge in [-0.25, -0.2) is 9.18 Å². The van der Waals surface area contributed by atoms with Crippen LogP contribution in [0.1, 0.15) is 35.3 Å². The molecule has 0 aliphatic rings. The highest BCUT2D eigenvalue weighted by molar-refractivity contribution is 5.91. The number of aromatic hydroxyl groups is 1. The zero-order valence-electron chi connectivity index (χ0n) is 9.81. The minimum Gasteiger partial charge on any atom is -0.507 e. The fourth-order valence-corrected chi connectivity index (χ4v) is 1.59. The van der Waals surface area contributed by atoms with E-state index >= 15 is 0 Å². The molecule has 0 aliphatic carbocycles. The molecule has 0 saturated heterocycles. The van der Waals surface area contributed by atoms with Crippen molar-refractivity contribution in [3.8, 4) is 5.75 Å². The Balaban J connectivity index is 0.00000289. The summed E-state index contributed by atoms with van der Waals surface area (Å²) in [5, 5.41) is 18.5. The standard InChI is InChI=1S/C12H14FNO3.ClH/c1-6(2)5-9(14)10-8(13)4-3-7(11(10)15)12(16)17;/h3-4,9,15H,1,5,14H2,2H3,(H,16,17);1H/t9-;/m0./s1. The van der Waals surface area contributed by atoms with Crippen molar-refractivity contribution < 1.29 is 19.4 Å². The molecule has 0 amide bonds. The van der Waals surface area contributed by atoms with E-state index in [9.17, 15) is 14.3 Å². The first-order valence-corrected chi connectivity index (χ1v) is 4.99. The largest absolute Gasteiger partial charge is 0.507 e. The fourth-order valence-electron chi connectivity index (χ4n) is 1.59. The van der Waals surface area contributed by atoms with E-state index in [2.05, 4.69) is 6.58 Å². The third-order valence-corrected chi connectivity index (χ3v) is 2.33. The van der Waals surface area contributed by atoms with Crippen molar-refractivity contribution in [1.29, 1.82) is 0 Å². The van der Waals surface area contributed by atoms with Crippen LogP contribution in [-0.2, 0) is 0 Å². The molecule has 0 unspecified atom stereocenters. The molecule has 6 heteroatoms. The summed E-state index contributed by atoms with van der Waals surface area (Å²) in [6.45, 7) is 5.36. The third kappa shape index (κ3) is 3.45. The van der Waals surface area contributed by atoms with Gasteiger partial charge < -0.3 is 15.9 Å². The van der Waals surface area contributed by atoms with E-state index in [1.165, 1.54) is 0 Å². The van der Waals surface area contributed by atoms with Crippen molar-refractivity contribution in [2.24, 2.45) is 5.73 Å². The summed E-state index contributed by atoms with van der Waals surface area (Å²) in [6.07, 6.45) is 0.271. The second-order valence-corrected chi connectivity index (χ2v) is 3.93. The highest BCUT2D eigenvalue weighted by atomic mass is 35.5. The van der Waals surface area contributed by atoms with Crippen LogP contribution in [0.5, 0.6) is 5.75 Å². The van der Waals surface area contributed by atoms with Crippen LogP contribution in [0.2, 0.25) is 0 Å². The zero-order chi connectivity index (χ0) is 13.2. The van der Waals surface area contributed by atoms with Crippen LogP contribution in [0.3, 0.4) is 0 Å². The zero-order valence-corrected chi connectivity index (χ0v) is 10.6. The summed E-state index contributed by atoms with van der Waals surface area (Å²) in [6, 6.07) is 1.17. The molecule has 0 bridgehead atoms. The molecule has 0 aromatic heterocycles. The van der Waals surface area contributed by atoms with Gasteiger partial charge in [0.2, 0.25) is 0 Å². The summed E-state index contributed by atoms with van der Waals surface area (Å²) < 4.78 is 13.5. The van der Waals surface area contributed by atoms with Crippen LogP contribution < -0.4 is 5.73 Å². The highest BCUT2D eigenvalue weighted by Gasteiger charge is 2.21. The smallest absolute Gasteiger partial charge is 0.339 e. The van der Waals surface area contributed by atoms with Gasteiger partial charge in [0.15, 0.2) is 0 Å². The Kier molecular flexibility index (Phi) is 5.81. The summed E-state index contributed by atoms with van der Waals surface area (Å²) in [5.74, 6) is -2.67. The SMILES string of the molecule is C=C(C)C[C@H](N)c1c(F)ccc(C(=O)O)c1O.Cl. The van der Waals surface area contributed by atoms with Gasteiger partial charge in [0.1, 0.15) is 17.1 Å². The van der Waals surface area contributed by atoms with Crippen LogP contribution in [-0.4, -0.2) is 16.2 Å². The number of carbonyl (C=O) groups is 1. The Labute approximate surface area is 110 Å². The maximum Gasteiger partial charge on any atom is 0.339 e. The molecule has 0 aliphatic heterocycles. The van der Waals surface area contributed by atoms with Gasteiger partial charge in [0.05, 0.1) is 0 Å². The molecule has 4 N–H and O–H groups in total. The molecule has 1 aromatic carbocycles. The maximum atomic E-state index is 13.5. The van der Waals surface area contributed by atoms with Gasteiger partial charge >= 0.3 is 5.97 Å². The van der Waals surface area contributed by atoms with E-state index in [0.29, 0.717) is 0 Å². The Bertz CT molecular complexity index is 477. The monoisotopic (exact) mass is 275 g/mol. The summed E-state index contributed by atoms with van der Waals surface area (Å²) in [5.41, 5.74) is 5.88. The molecule has 0 spiro atoms. The third-order valence-electron chi connectivity index (χ3n) is 2.33. The van der Waals surface area contributed by atoms with Gasteiger partial charge in [-0.2, -0.15) is 0 Å². The van der Waals surface area contributed by atoms with Crippen LogP contribution in [0.15, 0.2) is 24.3 Å². The van der Waals surface area contributed by atoms with E-state index < -0.39 is 23.6 Å². The number of carboxylic acids is 1. The maximum absolute atomic E-state index is 13.5. The van der Waals surface area contributed by atoms with Crippen LogP contribution in [0.25, 0.3) is 0 Å². The molecule has 100 valence electrons. The van der Waals surface area contributed by atoms with Gasteiger partial charge in [-0.05, 0) is 25.5 Å². The number of hydrogen-bond donors (Lipinski definition) is 3. The highest BCUT2D eigenvalue weighted by Crippen LogP contribution is 2.32. The van der Waals surface area contributed by atoms with E-state index in [1.54, 1.807) is 6.92 Å². The Hall–Kier alpha value is -1.59. The Morgan fingerprint density at radius 1 is 1.56 bits per heavy atom. The predicted octanol–water partition coefficient (Wildman–Crippen LogP) is 2.62. The number of halogens is 2. The molecule has 4 nitrogen and oxygen atoms in total. The van der Waals surface area contributed by atoms with Gasteiger partial charge in [-0.3, -0.25) is 0 Å². The van der Waals surface area contributed by atoms with Crippen molar-refractivity contribution in [3.05, 3.63) is 41.2 Å². The summed E-state index contributed by atoms with van der Waals surface area (Å²) >= 11 is 0. The van der Waals surface area contributed by atoms with Crippen molar-refractivity contribution in [3.63, 3.8) is 0 Å². The number of phenols is 1. The van der Waals surface area contributed by atoms with E-state index in [0.717, 1.165) is 17.7 Å². The molecule has 1 atom stereocenters. The molecular weight excluding hydrogens is 261 g/mol. The first-order valence-electron chi connectivity index (χ1n) is 4.99. The second kappa shape index (κ2) is 6.37. The summed E-state index contributed by atoms with van der Waals surface area (Å²) in [7, 11) is 0. The minimum atomic E-state index is -1.33. The van der Waals surface area contributed by atoms with Crippen molar-refractivity contribution in [2.45, 2.75) is 19.4 Å². The quantitative estimate of drug-likeness (QED) is 0.738. The average molecular weight is 276 g/mol. The topological polar surface area (TPSA) is 83.6 Å².